The fourth-order valence-electron chi connectivity index (χ4n) is 27.4. The number of carbonyl (C=O) groups excluding carboxylic acids is 3. The Morgan fingerprint density at radius 2 is 0.647 bits per heavy atom. The number of aliphatic hydroxyl groups is 6. The number of ether oxygens (including phenoxy) is 3. The first-order valence-corrected chi connectivity index (χ1v) is 51.2. The number of carbonyl (C=O) groups is 3. The summed E-state index contributed by atoms with van der Waals surface area (Å²) in [6.45, 7) is 14.1. The van der Waals surface area contributed by atoms with E-state index in [0.29, 0.717) is 51.4 Å². The first kappa shape index (κ1) is 131. The Labute approximate surface area is 782 Å². The van der Waals surface area contributed by atoms with E-state index in [9.17, 15) is 111 Å². The van der Waals surface area contributed by atoms with E-state index in [1.807, 2.05) is 55.4 Å². The highest BCUT2D eigenvalue weighted by Gasteiger charge is 2.76. The van der Waals surface area contributed by atoms with Crippen LogP contribution in [0.4, 0.5) is 26.3 Å². The first-order chi connectivity index (χ1) is 55.8. The Hall–Kier alpha value is -1.59. The molecule has 0 heterocycles. The second-order valence-corrected chi connectivity index (χ2v) is 46.9. The third kappa shape index (κ3) is 28.8. The maximum Gasteiger partial charge on any atom is 0.472 e. The highest BCUT2D eigenvalue weighted by molar-refractivity contribution is 7.47. The van der Waals surface area contributed by atoms with Crippen molar-refractivity contribution in [1.82, 2.24) is 0 Å². The van der Waals surface area contributed by atoms with Gasteiger partial charge in [-0.2, -0.15) is 0 Å². The molecule has 0 aromatic heterocycles. The second-order valence-electron chi connectivity index (χ2n) is 39.6. The Morgan fingerprint density at radius 3 is 0.977 bits per heavy atom. The number of esters is 3. The molecule has 0 aliphatic heterocycles. The number of phosphoric ester groups is 6. The van der Waals surface area contributed by atoms with Crippen molar-refractivity contribution < 1.29 is 199 Å². The van der Waals surface area contributed by atoms with Crippen molar-refractivity contribution in [2.24, 2.45) is 139 Å². The third-order valence-corrected chi connectivity index (χ3v) is 36.1. The van der Waals surface area contributed by atoms with E-state index in [0.717, 1.165) is 0 Å². The maximum absolute atomic E-state index is 17.0. The summed E-state index contributed by atoms with van der Waals surface area (Å²) in [5, 5.41) is 65.9. The number of rotatable bonds is 27. The number of aliphatic hydroxyl groups excluding tert-OH is 2. The van der Waals surface area contributed by atoms with Crippen LogP contribution in [0.15, 0.2) is 0 Å². The largest absolute Gasteiger partial charge is 0.472 e. The number of halogens is 6. The van der Waals surface area contributed by atoms with Crippen LogP contribution in [0.3, 0.4) is 0 Å². The fraction of sp³-hybridized carbons (Fsp3) is 0.965. The van der Waals surface area contributed by atoms with Gasteiger partial charge in [-0.15, -0.1) is 0 Å². The van der Waals surface area contributed by atoms with Gasteiger partial charge in [0.05, 0.1) is 18.3 Å². The van der Waals surface area contributed by atoms with Gasteiger partial charge in [-0.3, -0.25) is 18.9 Å². The lowest BCUT2D eigenvalue weighted by Gasteiger charge is -2.65. The summed E-state index contributed by atoms with van der Waals surface area (Å²) < 4.78 is 203. The van der Waals surface area contributed by atoms with Gasteiger partial charge in [-0.05, 0) is 212 Å². The Balaban J connectivity index is 0.00000189. The van der Waals surface area contributed by atoms with Crippen LogP contribution >= 0.6 is 46.9 Å². The molecule has 133 heavy (non-hydrogen) atoms. The van der Waals surface area contributed by atoms with Crippen LogP contribution in [-0.4, -0.2) is 181 Å². The lowest BCUT2D eigenvalue weighted by Crippen LogP contribution is -2.66. The van der Waals surface area contributed by atoms with Crippen LogP contribution in [0, 0.1) is 139 Å². The molecule has 0 amide bonds. The Kier molecular flexibility index (Phi) is 45.7. The lowest BCUT2D eigenvalue weighted by molar-refractivity contribution is -0.295. The van der Waals surface area contributed by atoms with Crippen molar-refractivity contribution in [1.29, 1.82) is 0 Å². The topological polar surface area (TPSA) is 601 Å². The van der Waals surface area contributed by atoms with Crippen LogP contribution in [0.2, 0.25) is 0 Å². The molecule has 794 valence electrons. The van der Waals surface area contributed by atoms with Crippen molar-refractivity contribution in [3.63, 3.8) is 0 Å². The molecule has 0 radical (unpaired) electrons. The minimum Gasteiger partial charge on any atom is -0.438 e. The molecule has 18 N–H and O–H groups in total. The smallest absolute Gasteiger partial charge is 0.438 e. The number of hydrogen-bond acceptors (Lipinski definition) is 24. The van der Waals surface area contributed by atoms with Gasteiger partial charge >= 0.3 is 64.8 Å². The van der Waals surface area contributed by atoms with Gasteiger partial charge in [0.25, 0.3) is 0 Å². The summed E-state index contributed by atoms with van der Waals surface area (Å²) in [6.07, 6.45) is -1.26. The summed E-state index contributed by atoms with van der Waals surface area (Å²) >= 11 is 0. The van der Waals surface area contributed by atoms with E-state index >= 15 is 17.6 Å². The predicted octanol–water partition coefficient (Wildman–Crippen LogP) is 17.4. The van der Waals surface area contributed by atoms with Gasteiger partial charge in [-0.1, -0.05) is 137 Å². The monoisotopic (exact) mass is 2060 g/mol. The van der Waals surface area contributed by atoms with Crippen LogP contribution in [0.5, 0.6) is 0 Å². The molecule has 33 atom stereocenters. The molecule has 0 saturated heterocycles. The minimum atomic E-state index is -5.32. The van der Waals surface area contributed by atoms with Gasteiger partial charge in [0.15, 0.2) is 0 Å². The third-order valence-electron chi connectivity index (χ3n) is 33.2. The number of fused-ring (bicyclic) bond motifs is 15. The summed E-state index contributed by atoms with van der Waals surface area (Å²) in [4.78, 5) is 146. The first-order valence-electron chi connectivity index (χ1n) is 42.0. The number of phosphoric acid groups is 6. The standard InChI is InChI=1S/3C25H42F2O12P2.10CH4/c1-14(4-7-20(28)37-13-38-40(31,32)33)16-5-6-17-21-18(10-19(23(16,17)3)39-41(34,35)36)22(2)8-9-24(26,29)11-15(22)12-25(21,27)30;1-14(4-7-20(29)37-13-38-40(31,32)33)16-5-6-17-21-18(10-19(28)23(16,17)3)22(2)8-9-24(26,39-41(34,35)36)11-15(22)12-25(21,27)30;1-14(4-7-20(29)37-13-38-40(31,32)33)16-5-6-17-21-18(10-19(28)23(16,17)3)22(2)8-9-24(26,30)11-15(22)12-25(21,27)39-41(34,35)36;;;;;;;;;;/h14-19,21,29-30H,4-13H2,1-3H3,(H2,31,32,33)(H2,34,35,36);2*14-19,21,28,30H,4-13H2,1-3H3,(H2,31,32,33)(H2,34,35,36);10*1H4. The van der Waals surface area contributed by atoms with Crippen molar-refractivity contribution in [3.8, 4) is 0 Å². The molecule has 12 fully saturated rings. The SMILES string of the molecule is C.C.C.C.C.C.C.C.C.C.CC(CCC(=O)OCOP(=O)(O)O)C1CCC2C3C(CC(O)C12C)C1(C)CCC(F)(OP(=O)(O)O)CC1CC3(O)F.CC(CCC(=O)OCOP(=O)(O)O)C1CCC2C3C(CC(O)C12C)C1(C)CCC(O)(F)CC1CC3(F)OP(=O)(O)O.CC(CCC(=O)OCOP(=O)(O)O)C1CCC2C3C(CC(OP(=O)(O)O)C12C)C1(C)CCC(O)(F)CC1CC3(O)F. The fourth-order valence-corrected chi connectivity index (χ4v) is 29.8. The number of hydrogen-bond donors (Lipinski definition) is 18. The molecule has 12 rings (SSSR count). The van der Waals surface area contributed by atoms with Crippen molar-refractivity contribution >= 4 is 64.8 Å². The Bertz CT molecular complexity index is 4080. The highest BCUT2D eigenvalue weighted by Crippen LogP contribution is 2.77. The van der Waals surface area contributed by atoms with Gasteiger partial charge in [-0.25, -0.2) is 76.4 Å². The zero-order valence-electron chi connectivity index (χ0n) is 70.2. The molecule has 48 heteroatoms. The zero-order valence-corrected chi connectivity index (χ0v) is 75.6. The summed E-state index contributed by atoms with van der Waals surface area (Å²) in [7, 11) is -29.8. The zero-order chi connectivity index (χ0) is 92.4. The molecule has 0 bridgehead atoms. The lowest BCUT2D eigenvalue weighted by atomic mass is 9.42. The number of alkyl halides is 6. The molecule has 36 nitrogen and oxygen atoms in total. The Morgan fingerprint density at radius 1 is 0.353 bits per heavy atom. The van der Waals surface area contributed by atoms with Gasteiger partial charge < -0.3 is 104 Å². The molecular formula is C85H166F6O36P6. The van der Waals surface area contributed by atoms with E-state index in [1.165, 1.54) is 0 Å². The van der Waals surface area contributed by atoms with Gasteiger partial charge in [0.1, 0.15) is 0 Å². The maximum atomic E-state index is 17.0. The van der Waals surface area contributed by atoms with Crippen LogP contribution < -0.4 is 0 Å². The van der Waals surface area contributed by atoms with Crippen LogP contribution in [0.25, 0.3) is 0 Å². The normalized spacial score (nSPS) is 41.9. The van der Waals surface area contributed by atoms with Gasteiger partial charge in [0, 0.05) is 100 Å². The second kappa shape index (κ2) is 46.2. The predicted molar refractivity (Wildman–Crippen MR) is 480 cm³/mol. The quantitative estimate of drug-likeness (QED) is 0.0119. The van der Waals surface area contributed by atoms with E-state index in [2.05, 4.69) is 18.1 Å². The van der Waals surface area contributed by atoms with Crippen LogP contribution in [-0.2, 0) is 83.1 Å². The molecule has 12 saturated carbocycles. The van der Waals surface area contributed by atoms with Crippen LogP contribution in [0.1, 0.15) is 310 Å². The van der Waals surface area contributed by atoms with Crippen molar-refractivity contribution in [2.75, 3.05) is 20.4 Å². The van der Waals surface area contributed by atoms with Gasteiger partial charge in [0.2, 0.25) is 55.5 Å². The van der Waals surface area contributed by atoms with E-state index in [-0.39, 0.29) is 206 Å². The minimum absolute atomic E-state index is 0. The average Bonchev–Trinajstić information content (AvgIpc) is 1.67. The molecule has 0 aromatic rings. The molecule has 12 aliphatic carbocycles. The molecule has 33 unspecified atom stereocenters. The summed E-state index contributed by atoms with van der Waals surface area (Å²) in [6, 6.07) is 0. The molecule has 0 aromatic carbocycles. The highest BCUT2D eigenvalue weighted by atomic mass is 31.2. The summed E-state index contributed by atoms with van der Waals surface area (Å²) in [5.41, 5.74) is -4.74. The van der Waals surface area contributed by atoms with Crippen molar-refractivity contribution in [2.45, 2.75) is 363 Å². The molecule has 12 aliphatic rings. The average molecular weight is 2060 g/mol. The van der Waals surface area contributed by atoms with Crippen molar-refractivity contribution in [3.05, 3.63) is 0 Å². The van der Waals surface area contributed by atoms with E-state index in [1.54, 1.807) is 6.92 Å². The molecular weight excluding hydrogens is 1900 g/mol. The molecule has 0 spiro atoms. The van der Waals surface area contributed by atoms with E-state index < -0.39 is 268 Å². The van der Waals surface area contributed by atoms with E-state index in [4.69, 9.17) is 52.6 Å². The summed E-state index contributed by atoms with van der Waals surface area (Å²) in [5.74, 6) is -27.3.